The summed E-state index contributed by atoms with van der Waals surface area (Å²) in [6.45, 7) is 3.04. The van der Waals surface area contributed by atoms with E-state index in [-0.39, 0.29) is 42.0 Å². The average Bonchev–Trinajstić information content (AvgIpc) is 3.38. The fourth-order valence-corrected chi connectivity index (χ4v) is 4.05. The maximum atomic E-state index is 12.6. The van der Waals surface area contributed by atoms with Gasteiger partial charge >= 0.3 is 0 Å². The lowest BCUT2D eigenvalue weighted by Gasteiger charge is -2.18. The van der Waals surface area contributed by atoms with E-state index < -0.39 is 0 Å². The summed E-state index contributed by atoms with van der Waals surface area (Å²) < 4.78 is 11.7. The van der Waals surface area contributed by atoms with Gasteiger partial charge in [0.2, 0.25) is 5.91 Å². The number of benzene rings is 1. The molecule has 0 aromatic heterocycles. The molecule has 0 spiro atoms. The molecule has 1 saturated carbocycles. The van der Waals surface area contributed by atoms with E-state index in [4.69, 9.17) is 9.47 Å². The van der Waals surface area contributed by atoms with E-state index in [0.717, 1.165) is 19.3 Å². The first-order valence-electron chi connectivity index (χ1n) is 10.6. The summed E-state index contributed by atoms with van der Waals surface area (Å²) >= 11 is 0. The molecule has 2 N–H and O–H groups in total. The van der Waals surface area contributed by atoms with Crippen molar-refractivity contribution in [2.45, 2.75) is 69.7 Å². The Bertz CT molecular complexity index is 701. The minimum absolute atomic E-state index is 0.101. The number of hydrogen-bond acceptors (Lipinski definition) is 4. The highest BCUT2D eigenvalue weighted by atomic mass is 16.6. The van der Waals surface area contributed by atoms with Crippen molar-refractivity contribution in [2.24, 2.45) is 5.92 Å². The molecular weight excluding hydrogens is 356 g/mol. The number of hydrogen-bond donors (Lipinski definition) is 2. The van der Waals surface area contributed by atoms with Crippen molar-refractivity contribution >= 4 is 11.8 Å². The van der Waals surface area contributed by atoms with Crippen molar-refractivity contribution in [1.29, 1.82) is 0 Å². The summed E-state index contributed by atoms with van der Waals surface area (Å²) in [6, 6.07) is 7.53. The Labute approximate surface area is 166 Å². The van der Waals surface area contributed by atoms with Crippen molar-refractivity contribution in [1.82, 2.24) is 10.6 Å². The predicted molar refractivity (Wildman–Crippen MR) is 105 cm³/mol. The highest BCUT2D eigenvalue weighted by Crippen LogP contribution is 2.31. The number of carbonyl (C=O) groups excluding carboxylic acids is 2. The van der Waals surface area contributed by atoms with Crippen LogP contribution in [0.2, 0.25) is 0 Å². The molecule has 2 aliphatic heterocycles. The van der Waals surface area contributed by atoms with E-state index in [9.17, 15) is 9.59 Å². The Kier molecular flexibility index (Phi) is 5.97. The van der Waals surface area contributed by atoms with Gasteiger partial charge in [-0.25, -0.2) is 0 Å². The molecule has 3 fully saturated rings. The minimum atomic E-state index is -0.207. The zero-order chi connectivity index (χ0) is 19.5. The normalized spacial score (nSPS) is 28.8. The second-order valence-electron chi connectivity index (χ2n) is 8.22. The number of nitrogens with one attached hydrogen (secondary N) is 2. The van der Waals surface area contributed by atoms with Crippen LogP contribution in [0.1, 0.15) is 54.9 Å². The molecule has 1 aromatic carbocycles. The van der Waals surface area contributed by atoms with Crippen LogP contribution in [0.3, 0.4) is 0 Å². The van der Waals surface area contributed by atoms with Crippen LogP contribution in [0.15, 0.2) is 24.3 Å². The first-order chi connectivity index (χ1) is 13.7. The molecule has 28 heavy (non-hydrogen) atoms. The molecule has 2 heterocycles. The van der Waals surface area contributed by atoms with E-state index in [2.05, 4.69) is 17.6 Å². The molecule has 1 aromatic rings. The Morgan fingerprint density at radius 2 is 1.61 bits per heavy atom. The number of aryl methyl sites for hydroxylation is 1. The van der Waals surface area contributed by atoms with Gasteiger partial charge in [0, 0.05) is 11.5 Å². The van der Waals surface area contributed by atoms with E-state index in [1.165, 1.54) is 24.8 Å². The summed E-state index contributed by atoms with van der Waals surface area (Å²) in [6.07, 6.45) is 6.23. The lowest BCUT2D eigenvalue weighted by atomic mass is 10.0. The number of ether oxygens (including phenoxy) is 2. The van der Waals surface area contributed by atoms with Crippen LogP contribution in [-0.4, -0.2) is 49.3 Å². The zero-order valence-corrected chi connectivity index (χ0v) is 16.5. The Morgan fingerprint density at radius 1 is 0.964 bits per heavy atom. The largest absolute Gasteiger partial charge is 0.371 e. The number of unbranched alkanes of at least 4 members (excludes halogenated alkanes) is 2. The molecule has 152 valence electrons. The Morgan fingerprint density at radius 3 is 2.21 bits per heavy atom. The Balaban J connectivity index is 1.28. The summed E-state index contributed by atoms with van der Waals surface area (Å²) in [5.41, 5.74) is 1.92. The highest BCUT2D eigenvalue weighted by Gasteiger charge is 2.49. The number of fused-ring (bicyclic) bond motifs is 1. The third-order valence-electron chi connectivity index (χ3n) is 5.93. The van der Waals surface area contributed by atoms with Gasteiger partial charge in [-0.3, -0.25) is 9.59 Å². The van der Waals surface area contributed by atoms with E-state index >= 15 is 0 Å². The minimum Gasteiger partial charge on any atom is -0.371 e. The lowest BCUT2D eigenvalue weighted by molar-refractivity contribution is -0.123. The lowest BCUT2D eigenvalue weighted by Crippen LogP contribution is -2.47. The van der Waals surface area contributed by atoms with Gasteiger partial charge in [0.25, 0.3) is 5.91 Å². The first kappa shape index (κ1) is 19.4. The van der Waals surface area contributed by atoms with E-state index in [1.54, 1.807) is 0 Å². The maximum absolute atomic E-state index is 12.6. The van der Waals surface area contributed by atoms with Crippen LogP contribution < -0.4 is 10.6 Å². The fourth-order valence-electron chi connectivity index (χ4n) is 4.05. The van der Waals surface area contributed by atoms with Gasteiger partial charge in [-0.05, 0) is 43.4 Å². The molecule has 4 rings (SSSR count). The SMILES string of the molecule is CCCCCc1ccc(C(=O)N[C@H]2CO[C@H]3[C@@H]2OC[C@@H]3NC(=O)C2CC2)cc1. The molecule has 6 nitrogen and oxygen atoms in total. The van der Waals surface area contributed by atoms with Crippen LogP contribution in [0.25, 0.3) is 0 Å². The molecule has 0 bridgehead atoms. The van der Waals surface area contributed by atoms with Crippen molar-refractivity contribution in [2.75, 3.05) is 13.2 Å². The first-order valence-corrected chi connectivity index (χ1v) is 10.6. The fraction of sp³-hybridized carbons (Fsp3) is 0.636. The van der Waals surface area contributed by atoms with Gasteiger partial charge in [0.05, 0.1) is 25.3 Å². The molecule has 6 heteroatoms. The van der Waals surface area contributed by atoms with Gasteiger partial charge in [0.1, 0.15) is 12.2 Å². The third kappa shape index (κ3) is 4.39. The van der Waals surface area contributed by atoms with Crippen LogP contribution >= 0.6 is 0 Å². The van der Waals surface area contributed by atoms with Gasteiger partial charge in [-0.2, -0.15) is 0 Å². The van der Waals surface area contributed by atoms with Gasteiger partial charge in [-0.1, -0.05) is 31.9 Å². The van der Waals surface area contributed by atoms with Gasteiger partial charge < -0.3 is 20.1 Å². The van der Waals surface area contributed by atoms with Crippen molar-refractivity contribution in [3.63, 3.8) is 0 Å². The molecule has 2 saturated heterocycles. The second-order valence-corrected chi connectivity index (χ2v) is 8.22. The topological polar surface area (TPSA) is 76.7 Å². The molecule has 4 atom stereocenters. The monoisotopic (exact) mass is 386 g/mol. The smallest absolute Gasteiger partial charge is 0.251 e. The van der Waals surface area contributed by atoms with Crippen LogP contribution in [0, 0.1) is 5.92 Å². The van der Waals surface area contributed by atoms with Crippen molar-refractivity contribution in [3.05, 3.63) is 35.4 Å². The maximum Gasteiger partial charge on any atom is 0.251 e. The molecule has 0 radical (unpaired) electrons. The predicted octanol–water partition coefficient (Wildman–Crippen LogP) is 2.21. The van der Waals surface area contributed by atoms with Crippen molar-refractivity contribution in [3.8, 4) is 0 Å². The van der Waals surface area contributed by atoms with E-state index in [0.29, 0.717) is 18.8 Å². The number of amides is 2. The summed E-state index contributed by atoms with van der Waals surface area (Å²) in [5, 5.41) is 6.09. The van der Waals surface area contributed by atoms with Gasteiger partial charge in [-0.15, -0.1) is 0 Å². The van der Waals surface area contributed by atoms with Crippen LogP contribution in [0.4, 0.5) is 0 Å². The van der Waals surface area contributed by atoms with Crippen molar-refractivity contribution < 1.29 is 19.1 Å². The number of rotatable bonds is 8. The summed E-state index contributed by atoms with van der Waals surface area (Å²) in [4.78, 5) is 24.6. The quantitative estimate of drug-likeness (QED) is 0.672. The average molecular weight is 386 g/mol. The molecule has 3 aliphatic rings. The highest BCUT2D eigenvalue weighted by molar-refractivity contribution is 5.94. The molecule has 0 unspecified atom stereocenters. The second kappa shape index (κ2) is 8.62. The van der Waals surface area contributed by atoms with Gasteiger partial charge in [0.15, 0.2) is 0 Å². The summed E-state index contributed by atoms with van der Waals surface area (Å²) in [7, 11) is 0. The molecule has 2 amide bonds. The van der Waals surface area contributed by atoms with E-state index in [1.807, 2.05) is 24.3 Å². The Hall–Kier alpha value is -1.92. The molecule has 1 aliphatic carbocycles. The van der Waals surface area contributed by atoms with Crippen LogP contribution in [-0.2, 0) is 20.7 Å². The third-order valence-corrected chi connectivity index (χ3v) is 5.93. The zero-order valence-electron chi connectivity index (χ0n) is 16.5. The standard InChI is InChI=1S/C22H30N2O4/c1-2-3-4-5-14-6-8-15(9-7-14)21(25)23-17-12-27-20-18(13-28-19(17)20)24-22(26)16-10-11-16/h6-9,16-20H,2-5,10-13H2,1H3,(H,23,25)(H,24,26)/t17-,18-,19+,20+/m0/s1. The summed E-state index contributed by atoms with van der Waals surface area (Å²) in [5.74, 6) is 0.161. The van der Waals surface area contributed by atoms with Crippen LogP contribution in [0.5, 0.6) is 0 Å². The number of carbonyl (C=O) groups is 2. The molecular formula is C22H30N2O4.